The largest absolute Gasteiger partial charge is 0.301 e. The van der Waals surface area contributed by atoms with Crippen molar-refractivity contribution in [2.75, 3.05) is 0 Å². The van der Waals surface area contributed by atoms with E-state index < -0.39 is 0 Å². The molecule has 3 aromatic heterocycles. The standard InChI is InChI=1S/C15H9ClN6OS/c16-11-5-3-9(4-6-11)13-19-20-15(24-13)22-14(23)12(18-21-22)10-2-1-7-17-8-10/h1-8,21H. The smallest absolute Gasteiger partial charge is 0.265 e. The zero-order chi connectivity index (χ0) is 16.5. The average Bonchev–Trinajstić information content (AvgIpc) is 3.23. The minimum absolute atomic E-state index is 0.284. The van der Waals surface area contributed by atoms with Crippen LogP contribution in [0, 0.1) is 0 Å². The van der Waals surface area contributed by atoms with Gasteiger partial charge in [-0.15, -0.1) is 10.2 Å². The molecule has 0 atom stereocenters. The lowest BCUT2D eigenvalue weighted by molar-refractivity contribution is 0.768. The van der Waals surface area contributed by atoms with E-state index >= 15 is 0 Å². The van der Waals surface area contributed by atoms with Crippen LogP contribution in [0.4, 0.5) is 0 Å². The lowest BCUT2D eigenvalue weighted by Crippen LogP contribution is -2.15. The second-order valence-electron chi connectivity index (χ2n) is 4.84. The van der Waals surface area contributed by atoms with Crippen molar-refractivity contribution in [2.24, 2.45) is 0 Å². The second-order valence-corrected chi connectivity index (χ2v) is 6.23. The molecule has 118 valence electrons. The van der Waals surface area contributed by atoms with Gasteiger partial charge in [-0.3, -0.25) is 9.78 Å². The van der Waals surface area contributed by atoms with Gasteiger partial charge in [-0.2, -0.15) is 9.78 Å². The fourth-order valence-electron chi connectivity index (χ4n) is 2.13. The van der Waals surface area contributed by atoms with E-state index in [2.05, 4.69) is 25.5 Å². The Kier molecular flexibility index (Phi) is 3.68. The Hall–Kier alpha value is -2.84. The summed E-state index contributed by atoms with van der Waals surface area (Å²) in [5, 5.41) is 16.7. The van der Waals surface area contributed by atoms with E-state index in [1.807, 2.05) is 12.1 Å². The Balaban J connectivity index is 1.72. The number of pyridine rings is 1. The Morgan fingerprint density at radius 3 is 2.67 bits per heavy atom. The Morgan fingerprint density at radius 2 is 1.92 bits per heavy atom. The van der Waals surface area contributed by atoms with Crippen LogP contribution >= 0.6 is 22.9 Å². The molecule has 9 heteroatoms. The molecule has 1 aromatic carbocycles. The summed E-state index contributed by atoms with van der Waals surface area (Å²) in [5.41, 5.74) is 1.50. The van der Waals surface area contributed by atoms with Gasteiger partial charge in [-0.1, -0.05) is 35.1 Å². The molecular weight excluding hydrogens is 348 g/mol. The summed E-state index contributed by atoms with van der Waals surface area (Å²) in [5.74, 6) is 0. The zero-order valence-electron chi connectivity index (χ0n) is 12.0. The van der Waals surface area contributed by atoms with Crippen LogP contribution in [0.5, 0.6) is 0 Å². The molecule has 0 aliphatic rings. The van der Waals surface area contributed by atoms with Gasteiger partial charge in [0.25, 0.3) is 0 Å². The van der Waals surface area contributed by atoms with Crippen molar-refractivity contribution in [2.45, 2.75) is 0 Å². The van der Waals surface area contributed by atoms with Crippen LogP contribution in [0.2, 0.25) is 5.02 Å². The highest BCUT2D eigenvalue weighted by molar-refractivity contribution is 7.17. The first-order valence-corrected chi connectivity index (χ1v) is 8.09. The molecule has 24 heavy (non-hydrogen) atoms. The quantitative estimate of drug-likeness (QED) is 0.609. The third-order valence-electron chi connectivity index (χ3n) is 3.30. The van der Waals surface area contributed by atoms with Crippen LogP contribution in [-0.4, -0.2) is 30.2 Å². The topological polar surface area (TPSA) is 89.4 Å². The fourth-order valence-corrected chi connectivity index (χ4v) is 3.07. The number of aromatic amines is 1. The van der Waals surface area contributed by atoms with Gasteiger partial charge >= 0.3 is 5.56 Å². The molecular formula is C15H9ClN6OS. The number of H-pyrrole nitrogens is 1. The molecule has 0 bridgehead atoms. The molecule has 0 saturated heterocycles. The van der Waals surface area contributed by atoms with E-state index in [1.54, 1.807) is 36.7 Å². The van der Waals surface area contributed by atoms with Crippen molar-refractivity contribution in [3.05, 3.63) is 64.2 Å². The minimum Gasteiger partial charge on any atom is -0.265 e. The maximum Gasteiger partial charge on any atom is 0.301 e. The van der Waals surface area contributed by atoms with Gasteiger partial charge in [0.05, 0.1) is 0 Å². The SMILES string of the molecule is O=c1c(-c2cccnc2)n[nH]n1-c1nnc(-c2ccc(Cl)cc2)s1. The molecule has 7 nitrogen and oxygen atoms in total. The second kappa shape index (κ2) is 5.99. The first-order valence-electron chi connectivity index (χ1n) is 6.90. The van der Waals surface area contributed by atoms with E-state index in [-0.39, 0.29) is 11.3 Å². The molecule has 1 N–H and O–H groups in total. The summed E-state index contributed by atoms with van der Waals surface area (Å²) in [7, 11) is 0. The van der Waals surface area contributed by atoms with Crippen molar-refractivity contribution in [1.29, 1.82) is 0 Å². The van der Waals surface area contributed by atoms with Crippen molar-refractivity contribution in [3.63, 3.8) is 0 Å². The number of halogens is 1. The number of aromatic nitrogens is 6. The average molecular weight is 357 g/mol. The van der Waals surface area contributed by atoms with Gasteiger partial charge in [-0.05, 0) is 24.3 Å². The van der Waals surface area contributed by atoms with Crippen LogP contribution in [-0.2, 0) is 0 Å². The highest BCUT2D eigenvalue weighted by Crippen LogP contribution is 2.26. The fraction of sp³-hybridized carbons (Fsp3) is 0. The molecule has 4 rings (SSSR count). The molecule has 0 spiro atoms. The summed E-state index contributed by atoms with van der Waals surface area (Å²) in [4.78, 5) is 16.5. The van der Waals surface area contributed by atoms with Gasteiger partial charge in [0.1, 0.15) is 5.01 Å². The number of hydrogen-bond donors (Lipinski definition) is 1. The molecule has 0 aliphatic carbocycles. The number of rotatable bonds is 3. The number of benzene rings is 1. The van der Waals surface area contributed by atoms with Crippen LogP contribution in [0.15, 0.2) is 53.6 Å². The lowest BCUT2D eigenvalue weighted by atomic mass is 10.2. The van der Waals surface area contributed by atoms with E-state index in [1.165, 1.54) is 16.0 Å². The maximum atomic E-state index is 12.5. The van der Waals surface area contributed by atoms with Gasteiger partial charge in [0, 0.05) is 28.5 Å². The maximum absolute atomic E-state index is 12.5. The van der Waals surface area contributed by atoms with Gasteiger partial charge < -0.3 is 0 Å². The van der Waals surface area contributed by atoms with E-state index in [0.29, 0.717) is 20.7 Å². The Bertz CT molecular complexity index is 1040. The van der Waals surface area contributed by atoms with Crippen LogP contribution in [0.25, 0.3) is 27.0 Å². The van der Waals surface area contributed by atoms with Crippen molar-refractivity contribution in [3.8, 4) is 27.0 Å². The van der Waals surface area contributed by atoms with Crippen molar-refractivity contribution < 1.29 is 0 Å². The van der Waals surface area contributed by atoms with Crippen molar-refractivity contribution >= 4 is 22.9 Å². The highest BCUT2D eigenvalue weighted by Gasteiger charge is 2.15. The normalized spacial score (nSPS) is 10.9. The lowest BCUT2D eigenvalue weighted by Gasteiger charge is -1.94. The Labute approximate surface area is 144 Å². The van der Waals surface area contributed by atoms with Gasteiger partial charge in [-0.25, -0.2) is 5.21 Å². The third-order valence-corrected chi connectivity index (χ3v) is 4.51. The minimum atomic E-state index is -0.304. The van der Waals surface area contributed by atoms with Crippen LogP contribution in [0.3, 0.4) is 0 Å². The molecule has 0 aliphatic heterocycles. The summed E-state index contributed by atoms with van der Waals surface area (Å²) < 4.78 is 1.26. The van der Waals surface area contributed by atoms with Crippen molar-refractivity contribution in [1.82, 2.24) is 30.2 Å². The summed E-state index contributed by atoms with van der Waals surface area (Å²) in [6.45, 7) is 0. The Morgan fingerprint density at radius 1 is 1.08 bits per heavy atom. The van der Waals surface area contributed by atoms with Crippen LogP contribution in [0.1, 0.15) is 0 Å². The monoisotopic (exact) mass is 356 g/mol. The summed E-state index contributed by atoms with van der Waals surface area (Å²) >= 11 is 7.16. The molecule has 0 unspecified atom stereocenters. The van der Waals surface area contributed by atoms with E-state index in [0.717, 1.165) is 5.56 Å². The zero-order valence-corrected chi connectivity index (χ0v) is 13.6. The van der Waals surface area contributed by atoms with Crippen LogP contribution < -0.4 is 5.56 Å². The number of nitrogens with one attached hydrogen (secondary N) is 1. The van der Waals surface area contributed by atoms with E-state index in [9.17, 15) is 4.79 Å². The summed E-state index contributed by atoms with van der Waals surface area (Å²) in [6, 6.07) is 10.8. The highest BCUT2D eigenvalue weighted by atomic mass is 35.5. The molecule has 0 radical (unpaired) electrons. The first-order chi connectivity index (χ1) is 11.7. The number of nitrogens with zero attached hydrogens (tertiary/aromatic N) is 5. The van der Waals surface area contributed by atoms with Gasteiger partial charge in [0.2, 0.25) is 5.13 Å². The first kappa shape index (κ1) is 14.7. The molecule has 4 aromatic rings. The predicted molar refractivity (Wildman–Crippen MR) is 91.3 cm³/mol. The molecule has 3 heterocycles. The molecule has 0 saturated carbocycles. The molecule has 0 fully saturated rings. The summed E-state index contributed by atoms with van der Waals surface area (Å²) in [6.07, 6.45) is 3.22. The van der Waals surface area contributed by atoms with E-state index in [4.69, 9.17) is 11.6 Å². The van der Waals surface area contributed by atoms with Gasteiger partial charge in [0.15, 0.2) is 5.69 Å². The number of hydrogen-bond acceptors (Lipinski definition) is 6. The molecule has 0 amide bonds. The predicted octanol–water partition coefficient (Wildman–Crippen LogP) is 2.79. The third kappa shape index (κ3) is 2.61.